The van der Waals surface area contributed by atoms with Crippen LogP contribution in [-0.2, 0) is 49.4 Å². The first kappa shape index (κ1) is 55.9. The minimum absolute atomic E-state index is 0.00495. The van der Waals surface area contributed by atoms with Gasteiger partial charge in [0.15, 0.2) is 0 Å². The summed E-state index contributed by atoms with van der Waals surface area (Å²) in [5.74, 6) is -7.67. The highest BCUT2D eigenvalue weighted by molar-refractivity contribution is 6.39. The van der Waals surface area contributed by atoms with Crippen LogP contribution in [0.5, 0.6) is 0 Å². The molecule has 71 heavy (non-hydrogen) atoms. The first-order valence-electron chi connectivity index (χ1n) is 26.1. The molecule has 1 aromatic carbocycles. The lowest BCUT2D eigenvalue weighted by molar-refractivity contribution is -0.302. The van der Waals surface area contributed by atoms with Crippen molar-refractivity contribution in [3.8, 4) is 0 Å². The number of aliphatic hydroxyl groups is 2. The number of hydrogen-bond acceptors (Lipinski definition) is 12. The molecule has 3 fully saturated rings. The molecule has 2 bridgehead atoms. The van der Waals surface area contributed by atoms with Gasteiger partial charge in [0, 0.05) is 87.9 Å². The molecule has 392 valence electrons. The lowest BCUT2D eigenvalue weighted by Gasteiger charge is -2.47. The Morgan fingerprint density at radius 1 is 0.958 bits per heavy atom. The summed E-state index contributed by atoms with van der Waals surface area (Å²) in [6.07, 6.45) is 10.5. The van der Waals surface area contributed by atoms with Crippen LogP contribution in [0.3, 0.4) is 0 Å². The maximum atomic E-state index is 14.7. The normalized spacial score (nSPS) is 34.5. The SMILES string of the molecule is C=CCC1C=C(C)CC(C)CC(OC)C2OC(O)(C(=O)C(=O)N3CCCCC3C(=O)OC(C(C)=CC3CCC(N(C)c4ccc5c(ccn5CC=C)c4)C(OCC)C3)C(C)C(O)CC1=O)C(C)CC2OC. The van der Waals surface area contributed by atoms with Crippen molar-refractivity contribution in [1.29, 1.82) is 0 Å². The molecule has 2 saturated heterocycles. The molecular weight excluding hydrogens is 903 g/mol. The summed E-state index contributed by atoms with van der Waals surface area (Å²) in [5.41, 5.74) is 3.92. The molecule has 2 aromatic rings. The number of esters is 1. The number of ether oxygens (including phenoxy) is 5. The third-order valence-electron chi connectivity index (χ3n) is 15.9. The van der Waals surface area contributed by atoms with Crippen molar-refractivity contribution in [1.82, 2.24) is 9.47 Å². The summed E-state index contributed by atoms with van der Waals surface area (Å²) < 4.78 is 33.3. The molecule has 2 N–H and O–H groups in total. The maximum Gasteiger partial charge on any atom is 0.329 e. The molecule has 0 radical (unpaired) electrons. The molecule has 1 aliphatic carbocycles. The number of ketones is 2. The van der Waals surface area contributed by atoms with E-state index in [2.05, 4.69) is 73.1 Å². The molecule has 14 heteroatoms. The van der Waals surface area contributed by atoms with E-state index in [1.54, 1.807) is 19.9 Å². The molecule has 14 nitrogen and oxygen atoms in total. The van der Waals surface area contributed by atoms with Gasteiger partial charge in [-0.05, 0) is 127 Å². The number of allylic oxidation sites excluding steroid dienone is 5. The van der Waals surface area contributed by atoms with Gasteiger partial charge in [-0.2, -0.15) is 0 Å². The number of methoxy groups -OCH3 is 2. The van der Waals surface area contributed by atoms with Crippen molar-refractivity contribution in [3.63, 3.8) is 0 Å². The Morgan fingerprint density at radius 3 is 2.38 bits per heavy atom. The minimum Gasteiger partial charge on any atom is -0.456 e. The van der Waals surface area contributed by atoms with Crippen molar-refractivity contribution in [2.45, 2.75) is 173 Å². The van der Waals surface area contributed by atoms with Gasteiger partial charge >= 0.3 is 5.97 Å². The number of anilines is 1. The summed E-state index contributed by atoms with van der Waals surface area (Å²) in [4.78, 5) is 61.3. The Bertz CT molecular complexity index is 2250. The number of amides is 1. The molecular formula is C57H83N3O11. The van der Waals surface area contributed by atoms with Crippen LogP contribution in [0.15, 0.2) is 79.1 Å². The second kappa shape index (κ2) is 25.0. The zero-order chi connectivity index (χ0) is 51.7. The Morgan fingerprint density at radius 2 is 1.69 bits per heavy atom. The molecule has 4 aliphatic rings. The van der Waals surface area contributed by atoms with E-state index in [1.165, 1.54) is 19.1 Å². The largest absolute Gasteiger partial charge is 0.456 e. The molecule has 4 heterocycles. The number of fused-ring (bicyclic) bond motifs is 4. The molecule has 14 unspecified atom stereocenters. The lowest BCUT2D eigenvalue weighted by Crippen LogP contribution is -2.64. The summed E-state index contributed by atoms with van der Waals surface area (Å²) in [6.45, 7) is 20.5. The fourth-order valence-corrected chi connectivity index (χ4v) is 11.9. The standard InChI is InChI=1S/C57H83N3O11/c1-12-17-42-28-35(4)27-36(5)29-50(67-10)53-51(68-11)31-38(7)57(66,71-53)54(63)55(64)60-25-16-15-18-46(60)56(65)70-52(39(8)47(61)34-48(42)62)37(6)30-40-19-21-45(49(32-40)69-14-3)58(9)43-20-22-44-41(33-43)23-26-59(44)24-13-2/h12-13,20,22-23,26,28,30,33,36,38-40,42,45-47,49-53,61,66H,1-2,14-19,21,24-25,27,29,31-32,34H2,3-11H3. The molecule has 1 aromatic heterocycles. The fourth-order valence-electron chi connectivity index (χ4n) is 11.9. The van der Waals surface area contributed by atoms with Crippen LogP contribution in [0.25, 0.3) is 10.9 Å². The number of nitrogens with zero attached hydrogens (tertiary/aromatic N) is 3. The van der Waals surface area contributed by atoms with Gasteiger partial charge in [-0.1, -0.05) is 50.6 Å². The number of carbonyl (C=O) groups excluding carboxylic acids is 4. The molecule has 14 atom stereocenters. The topological polar surface area (TPSA) is 166 Å². The third kappa shape index (κ3) is 12.9. The van der Waals surface area contributed by atoms with E-state index in [9.17, 15) is 29.4 Å². The Hall–Kier alpha value is -4.44. The van der Waals surface area contributed by atoms with Crippen molar-refractivity contribution < 1.29 is 53.1 Å². The highest BCUT2D eigenvalue weighted by atomic mass is 16.7. The smallest absolute Gasteiger partial charge is 0.329 e. The van der Waals surface area contributed by atoms with Crippen molar-refractivity contribution in [3.05, 3.63) is 79.1 Å². The van der Waals surface area contributed by atoms with E-state index in [0.29, 0.717) is 50.7 Å². The van der Waals surface area contributed by atoms with E-state index in [0.717, 1.165) is 41.5 Å². The van der Waals surface area contributed by atoms with E-state index < -0.39 is 77.8 Å². The molecule has 1 saturated carbocycles. The number of hydrogen-bond donors (Lipinski definition) is 2. The highest BCUT2D eigenvalue weighted by Crippen LogP contribution is 2.40. The predicted octanol–water partition coefficient (Wildman–Crippen LogP) is 8.31. The van der Waals surface area contributed by atoms with Gasteiger partial charge in [0.05, 0.1) is 30.5 Å². The quantitative estimate of drug-likeness (QED) is 0.119. The Kier molecular flexibility index (Phi) is 19.7. The lowest BCUT2D eigenvalue weighted by atomic mass is 9.80. The minimum atomic E-state index is -2.52. The number of rotatable bonds is 12. The number of piperidine rings is 1. The maximum absolute atomic E-state index is 14.7. The average Bonchev–Trinajstić information content (AvgIpc) is 3.76. The van der Waals surface area contributed by atoms with Gasteiger partial charge in [-0.3, -0.25) is 14.4 Å². The Labute approximate surface area is 422 Å². The first-order valence-corrected chi connectivity index (χ1v) is 26.1. The van der Waals surface area contributed by atoms with Gasteiger partial charge in [-0.15, -0.1) is 13.2 Å². The van der Waals surface area contributed by atoms with Gasteiger partial charge in [0.2, 0.25) is 5.79 Å². The number of cyclic esters (lactones) is 1. The Balaban J connectivity index is 1.32. The zero-order valence-corrected chi connectivity index (χ0v) is 43.9. The zero-order valence-electron chi connectivity index (χ0n) is 43.9. The van der Waals surface area contributed by atoms with E-state index in [1.807, 2.05) is 32.9 Å². The molecule has 0 spiro atoms. The van der Waals surface area contributed by atoms with Crippen LogP contribution < -0.4 is 4.90 Å². The van der Waals surface area contributed by atoms with E-state index in [-0.39, 0.29) is 55.6 Å². The van der Waals surface area contributed by atoms with E-state index >= 15 is 0 Å². The number of likely N-dealkylation sites (N-methyl/N-ethyl adjacent to an activating group) is 1. The van der Waals surface area contributed by atoms with Crippen molar-refractivity contribution in [2.24, 2.45) is 29.6 Å². The van der Waals surface area contributed by atoms with Gasteiger partial charge < -0.3 is 48.3 Å². The summed E-state index contributed by atoms with van der Waals surface area (Å²) >= 11 is 0. The molecule has 3 aliphatic heterocycles. The first-order chi connectivity index (χ1) is 33.9. The van der Waals surface area contributed by atoms with Crippen molar-refractivity contribution >= 4 is 40.0 Å². The van der Waals surface area contributed by atoms with Crippen molar-refractivity contribution in [2.75, 3.05) is 39.3 Å². The van der Waals surface area contributed by atoms with Gasteiger partial charge in [-0.25, -0.2) is 4.79 Å². The summed E-state index contributed by atoms with van der Waals surface area (Å²) in [5, 5.41) is 25.4. The number of benzene rings is 1. The van der Waals surface area contributed by atoms with Crippen LogP contribution in [0.4, 0.5) is 5.69 Å². The van der Waals surface area contributed by atoms with Crippen LogP contribution in [0.1, 0.15) is 112 Å². The van der Waals surface area contributed by atoms with Gasteiger partial charge in [0.1, 0.15) is 24.0 Å². The number of aromatic nitrogens is 1. The molecule has 6 rings (SSSR count). The molecule has 1 amide bonds. The third-order valence-corrected chi connectivity index (χ3v) is 15.9. The average molecular weight is 986 g/mol. The fraction of sp³-hybridized carbons (Fsp3) is 0.649. The number of aliphatic hydroxyl groups excluding tert-OH is 1. The van der Waals surface area contributed by atoms with Crippen LogP contribution in [0.2, 0.25) is 0 Å². The second-order valence-corrected chi connectivity index (χ2v) is 21.1. The predicted molar refractivity (Wildman–Crippen MR) is 276 cm³/mol. The van der Waals surface area contributed by atoms with Crippen LogP contribution in [0, 0.1) is 29.6 Å². The van der Waals surface area contributed by atoms with Crippen LogP contribution >= 0.6 is 0 Å². The van der Waals surface area contributed by atoms with E-state index in [4.69, 9.17) is 23.7 Å². The number of Topliss-reactive ketones (excluding diaryl/α,β-unsaturated/α-hetero) is 2. The summed E-state index contributed by atoms with van der Waals surface area (Å²) in [7, 11) is 5.20. The highest BCUT2D eigenvalue weighted by Gasteiger charge is 2.56. The second-order valence-electron chi connectivity index (χ2n) is 21.1. The summed E-state index contributed by atoms with van der Waals surface area (Å²) in [6, 6.07) is 7.60. The monoisotopic (exact) mass is 986 g/mol. The van der Waals surface area contributed by atoms with Crippen LogP contribution in [-0.4, -0.2) is 132 Å². The van der Waals surface area contributed by atoms with Gasteiger partial charge in [0.25, 0.3) is 11.7 Å². The number of carbonyl (C=O) groups is 4.